The third kappa shape index (κ3) is 9.59. The summed E-state index contributed by atoms with van der Waals surface area (Å²) in [5.74, 6) is -1.76. The van der Waals surface area contributed by atoms with E-state index in [1.807, 2.05) is 56.3 Å². The van der Waals surface area contributed by atoms with Gasteiger partial charge in [0.1, 0.15) is 17.7 Å². The summed E-state index contributed by atoms with van der Waals surface area (Å²) in [4.78, 5) is 53.0. The zero-order chi connectivity index (χ0) is 27.6. The Morgan fingerprint density at radius 3 is 2.16 bits per heavy atom. The van der Waals surface area contributed by atoms with Crippen LogP contribution in [0, 0.1) is 6.92 Å². The number of benzene rings is 2. The summed E-state index contributed by atoms with van der Waals surface area (Å²) in [5, 5.41) is 5.39. The summed E-state index contributed by atoms with van der Waals surface area (Å²) >= 11 is 0. The van der Waals surface area contributed by atoms with Gasteiger partial charge in [0.2, 0.25) is 17.7 Å². The molecule has 9 nitrogen and oxygen atoms in total. The molecular formula is C28H38N4O5. The van der Waals surface area contributed by atoms with Crippen molar-refractivity contribution in [2.24, 2.45) is 5.73 Å². The summed E-state index contributed by atoms with van der Waals surface area (Å²) in [6.45, 7) is 9.34. The van der Waals surface area contributed by atoms with E-state index in [-0.39, 0.29) is 19.0 Å². The molecule has 2 aromatic carbocycles. The second-order valence-corrected chi connectivity index (χ2v) is 9.92. The largest absolute Gasteiger partial charge is 0.444 e. The van der Waals surface area contributed by atoms with Crippen molar-refractivity contribution in [3.05, 3.63) is 71.3 Å². The lowest BCUT2D eigenvalue weighted by Gasteiger charge is -2.34. The highest BCUT2D eigenvalue weighted by atomic mass is 16.6. The fourth-order valence-corrected chi connectivity index (χ4v) is 3.76. The number of primary amides is 1. The van der Waals surface area contributed by atoms with Gasteiger partial charge in [0.25, 0.3) is 0 Å². The molecule has 0 saturated carbocycles. The number of hydrogen-bond acceptors (Lipinski definition) is 5. The van der Waals surface area contributed by atoms with Gasteiger partial charge >= 0.3 is 6.09 Å². The van der Waals surface area contributed by atoms with E-state index in [1.54, 1.807) is 32.9 Å². The van der Waals surface area contributed by atoms with Crippen molar-refractivity contribution in [2.75, 3.05) is 6.54 Å². The van der Waals surface area contributed by atoms with Crippen LogP contribution in [0.2, 0.25) is 0 Å². The van der Waals surface area contributed by atoms with Crippen LogP contribution < -0.4 is 16.4 Å². The summed E-state index contributed by atoms with van der Waals surface area (Å²) in [6.07, 6.45) is -0.760. The van der Waals surface area contributed by atoms with Crippen LogP contribution in [0.5, 0.6) is 0 Å². The van der Waals surface area contributed by atoms with Crippen molar-refractivity contribution >= 4 is 23.8 Å². The molecule has 0 saturated heterocycles. The van der Waals surface area contributed by atoms with Gasteiger partial charge in [-0.25, -0.2) is 4.79 Å². The first-order valence-electron chi connectivity index (χ1n) is 12.4. The van der Waals surface area contributed by atoms with Gasteiger partial charge in [-0.05, 0) is 45.2 Å². The lowest BCUT2D eigenvalue weighted by Crippen LogP contribution is -2.54. The summed E-state index contributed by atoms with van der Waals surface area (Å²) in [6, 6.07) is 14.5. The van der Waals surface area contributed by atoms with Crippen molar-refractivity contribution < 1.29 is 23.9 Å². The highest BCUT2D eigenvalue weighted by molar-refractivity contribution is 5.94. The zero-order valence-electron chi connectivity index (χ0n) is 22.2. The molecule has 37 heavy (non-hydrogen) atoms. The SMILES string of the molecule is CCCN(C(=O)C(CC(N)=O)NC(=O)OC(C)(C)C)C(C(=O)NCc1ccccc1)c1ccc(C)cc1. The Morgan fingerprint density at radius 1 is 1.00 bits per heavy atom. The molecule has 0 aromatic heterocycles. The van der Waals surface area contributed by atoms with Gasteiger partial charge in [-0.2, -0.15) is 0 Å². The van der Waals surface area contributed by atoms with Crippen LogP contribution in [0.1, 0.15) is 63.3 Å². The number of rotatable bonds is 11. The molecule has 9 heteroatoms. The smallest absolute Gasteiger partial charge is 0.408 e. The quantitative estimate of drug-likeness (QED) is 0.427. The molecule has 0 spiro atoms. The van der Waals surface area contributed by atoms with Crippen LogP contribution in [0.3, 0.4) is 0 Å². The van der Waals surface area contributed by atoms with Crippen LogP contribution in [0.15, 0.2) is 54.6 Å². The Morgan fingerprint density at radius 2 is 1.62 bits per heavy atom. The molecule has 0 aliphatic rings. The van der Waals surface area contributed by atoms with Gasteiger partial charge in [-0.15, -0.1) is 0 Å². The van der Waals surface area contributed by atoms with E-state index in [0.717, 1.165) is 11.1 Å². The molecule has 0 heterocycles. The molecule has 2 atom stereocenters. The standard InChI is InChI=1S/C28H38N4O5/c1-6-16-32(26(35)22(17-23(29)33)31-27(36)37-28(3,4)5)24(21-14-12-19(2)13-15-21)25(34)30-18-20-10-8-7-9-11-20/h7-15,22,24H,6,16-18H2,1-5H3,(H2,29,33)(H,30,34)(H,31,36). The Labute approximate surface area is 218 Å². The van der Waals surface area contributed by atoms with Crippen molar-refractivity contribution in [1.29, 1.82) is 0 Å². The van der Waals surface area contributed by atoms with E-state index in [9.17, 15) is 19.2 Å². The van der Waals surface area contributed by atoms with Crippen molar-refractivity contribution in [2.45, 2.75) is 71.7 Å². The Hall–Kier alpha value is -3.88. The van der Waals surface area contributed by atoms with Gasteiger partial charge in [-0.3, -0.25) is 14.4 Å². The lowest BCUT2D eigenvalue weighted by atomic mass is 10.0. The molecule has 0 radical (unpaired) electrons. The van der Waals surface area contributed by atoms with E-state index in [4.69, 9.17) is 10.5 Å². The number of amides is 4. The minimum Gasteiger partial charge on any atom is -0.444 e. The fourth-order valence-electron chi connectivity index (χ4n) is 3.76. The Kier molecular flexibility index (Phi) is 10.7. The topological polar surface area (TPSA) is 131 Å². The normalized spacial score (nSPS) is 12.7. The van der Waals surface area contributed by atoms with Gasteiger partial charge in [0.15, 0.2) is 0 Å². The first-order valence-corrected chi connectivity index (χ1v) is 12.4. The Bertz CT molecular complexity index is 1060. The second kappa shape index (κ2) is 13.4. The molecule has 200 valence electrons. The third-order valence-electron chi connectivity index (χ3n) is 5.40. The summed E-state index contributed by atoms with van der Waals surface area (Å²) in [5.41, 5.74) is 7.10. The van der Waals surface area contributed by atoms with E-state index >= 15 is 0 Å². The fraction of sp³-hybridized carbons (Fsp3) is 0.429. The number of nitrogens with one attached hydrogen (secondary N) is 2. The second-order valence-electron chi connectivity index (χ2n) is 9.92. The average molecular weight is 511 g/mol. The van der Waals surface area contributed by atoms with Gasteiger partial charge in [0.05, 0.1) is 6.42 Å². The molecular weight excluding hydrogens is 472 g/mol. The number of alkyl carbamates (subject to hydrolysis) is 1. The Balaban J connectivity index is 2.41. The predicted molar refractivity (Wildman–Crippen MR) is 141 cm³/mol. The maximum Gasteiger partial charge on any atom is 0.408 e. The first kappa shape index (κ1) is 29.4. The third-order valence-corrected chi connectivity index (χ3v) is 5.40. The number of ether oxygens (including phenoxy) is 1. The van der Waals surface area contributed by atoms with E-state index in [0.29, 0.717) is 12.0 Å². The minimum atomic E-state index is -1.30. The maximum atomic E-state index is 13.8. The molecule has 0 aliphatic heterocycles. The van der Waals surface area contributed by atoms with Crippen LogP contribution in [0.25, 0.3) is 0 Å². The summed E-state index contributed by atoms with van der Waals surface area (Å²) in [7, 11) is 0. The molecule has 0 fully saturated rings. The van der Waals surface area contributed by atoms with Crippen LogP contribution in [-0.2, 0) is 25.7 Å². The molecule has 2 unspecified atom stereocenters. The van der Waals surface area contributed by atoms with Crippen LogP contribution in [-0.4, -0.2) is 46.9 Å². The van der Waals surface area contributed by atoms with Crippen LogP contribution in [0.4, 0.5) is 4.79 Å². The van der Waals surface area contributed by atoms with Crippen molar-refractivity contribution in [3.8, 4) is 0 Å². The lowest BCUT2D eigenvalue weighted by molar-refractivity contribution is -0.143. The first-order chi connectivity index (χ1) is 17.4. The van der Waals surface area contributed by atoms with Gasteiger partial charge in [0, 0.05) is 13.1 Å². The highest BCUT2D eigenvalue weighted by Gasteiger charge is 2.36. The van der Waals surface area contributed by atoms with Gasteiger partial charge < -0.3 is 26.0 Å². The molecule has 2 aromatic rings. The number of nitrogens with zero attached hydrogens (tertiary/aromatic N) is 1. The van der Waals surface area contributed by atoms with Crippen molar-refractivity contribution in [3.63, 3.8) is 0 Å². The van der Waals surface area contributed by atoms with E-state index in [1.165, 1.54) is 4.90 Å². The highest BCUT2D eigenvalue weighted by Crippen LogP contribution is 2.24. The molecule has 4 N–H and O–H groups in total. The number of carbonyl (C=O) groups is 4. The molecule has 4 amide bonds. The molecule has 0 bridgehead atoms. The zero-order valence-corrected chi connectivity index (χ0v) is 22.2. The summed E-state index contributed by atoms with van der Waals surface area (Å²) < 4.78 is 5.28. The maximum absolute atomic E-state index is 13.8. The predicted octanol–water partition coefficient (Wildman–Crippen LogP) is 3.36. The number of nitrogens with two attached hydrogens (primary N) is 1. The number of aryl methyl sites for hydroxylation is 1. The minimum absolute atomic E-state index is 0.210. The average Bonchev–Trinajstić information content (AvgIpc) is 2.82. The van der Waals surface area contributed by atoms with Crippen LogP contribution >= 0.6 is 0 Å². The molecule has 2 rings (SSSR count). The van der Waals surface area contributed by atoms with Gasteiger partial charge in [-0.1, -0.05) is 67.1 Å². The molecule has 0 aliphatic carbocycles. The van der Waals surface area contributed by atoms with E-state index < -0.39 is 42.0 Å². The van der Waals surface area contributed by atoms with E-state index in [2.05, 4.69) is 10.6 Å². The van der Waals surface area contributed by atoms with Crippen molar-refractivity contribution in [1.82, 2.24) is 15.5 Å². The number of hydrogen-bond donors (Lipinski definition) is 3. The number of carbonyl (C=O) groups excluding carboxylic acids is 4. The monoisotopic (exact) mass is 510 g/mol.